The summed E-state index contributed by atoms with van der Waals surface area (Å²) in [6.07, 6.45) is 0.726. The summed E-state index contributed by atoms with van der Waals surface area (Å²) in [7, 11) is 0. The van der Waals surface area contributed by atoms with E-state index in [1.165, 1.54) is 17.5 Å². The lowest BCUT2D eigenvalue weighted by Gasteiger charge is -2.18. The van der Waals surface area contributed by atoms with Crippen molar-refractivity contribution in [2.45, 2.75) is 32.9 Å². The summed E-state index contributed by atoms with van der Waals surface area (Å²) >= 11 is 8.09. The summed E-state index contributed by atoms with van der Waals surface area (Å²) in [5.41, 5.74) is 0.640. The molecular formula is C21H21ClN4O4S2. The van der Waals surface area contributed by atoms with Crippen LogP contribution >= 0.6 is 34.3 Å². The molecule has 168 valence electrons. The van der Waals surface area contributed by atoms with E-state index in [-0.39, 0.29) is 23.5 Å². The highest BCUT2D eigenvalue weighted by Crippen LogP contribution is 2.23. The molecule has 0 saturated heterocycles. The monoisotopic (exact) mass is 492 g/mol. The van der Waals surface area contributed by atoms with Crippen LogP contribution in [0.2, 0.25) is 4.34 Å². The van der Waals surface area contributed by atoms with Crippen molar-refractivity contribution in [3.63, 3.8) is 0 Å². The topological polar surface area (TPSA) is 109 Å². The van der Waals surface area contributed by atoms with E-state index in [0.717, 1.165) is 16.9 Å². The first kappa shape index (κ1) is 23.7. The van der Waals surface area contributed by atoms with Crippen LogP contribution in [0.15, 0.2) is 42.6 Å². The third-order valence-corrected chi connectivity index (χ3v) is 5.98. The molecule has 3 rings (SSSR count). The number of hydrogen-bond acceptors (Lipinski definition) is 7. The zero-order chi connectivity index (χ0) is 23.3. The Morgan fingerprint density at radius 3 is 2.44 bits per heavy atom. The van der Waals surface area contributed by atoms with E-state index < -0.39 is 11.7 Å². The van der Waals surface area contributed by atoms with Gasteiger partial charge in [-0.05, 0) is 44.5 Å². The van der Waals surface area contributed by atoms with Gasteiger partial charge >= 0.3 is 6.09 Å². The van der Waals surface area contributed by atoms with Gasteiger partial charge in [0.15, 0.2) is 5.13 Å². The number of para-hydroxylation sites is 1. The maximum absolute atomic E-state index is 12.7. The Labute approximate surface area is 198 Å². The number of hydrogen-bond donors (Lipinski definition) is 3. The molecule has 0 aliphatic heterocycles. The van der Waals surface area contributed by atoms with Crippen LogP contribution in [0.1, 0.15) is 45.7 Å². The number of rotatable bonds is 6. The van der Waals surface area contributed by atoms with Gasteiger partial charge in [-0.15, -0.1) is 11.3 Å². The molecule has 3 amide bonds. The van der Waals surface area contributed by atoms with Crippen molar-refractivity contribution < 1.29 is 19.1 Å². The first-order chi connectivity index (χ1) is 15.1. The van der Waals surface area contributed by atoms with Crippen molar-refractivity contribution in [3.8, 4) is 0 Å². The van der Waals surface area contributed by atoms with Crippen LogP contribution in [0, 0.1) is 0 Å². The van der Waals surface area contributed by atoms with Gasteiger partial charge in [0, 0.05) is 12.2 Å². The molecule has 0 aliphatic rings. The van der Waals surface area contributed by atoms with Gasteiger partial charge in [-0.2, -0.15) is 0 Å². The smallest absolute Gasteiger partial charge is 0.413 e. The van der Waals surface area contributed by atoms with Crippen molar-refractivity contribution in [2.24, 2.45) is 0 Å². The molecule has 1 aromatic carbocycles. The summed E-state index contributed by atoms with van der Waals surface area (Å²) in [6, 6.07) is 10.5. The molecule has 3 N–H and O–H groups in total. The Hall–Kier alpha value is -2.95. The number of aromatic nitrogens is 1. The van der Waals surface area contributed by atoms with Gasteiger partial charge in [0.25, 0.3) is 11.8 Å². The molecule has 8 nitrogen and oxygen atoms in total. The molecule has 0 fully saturated rings. The Balaban J connectivity index is 1.61. The summed E-state index contributed by atoms with van der Waals surface area (Å²) in [5.74, 6) is -0.633. The van der Waals surface area contributed by atoms with Gasteiger partial charge in [0.05, 0.1) is 15.4 Å². The summed E-state index contributed by atoms with van der Waals surface area (Å²) in [4.78, 5) is 41.7. The number of nitrogens with one attached hydrogen (secondary N) is 3. The van der Waals surface area contributed by atoms with Crippen LogP contribution in [0.5, 0.6) is 0 Å². The largest absolute Gasteiger partial charge is 0.444 e. The number of halogens is 1. The number of benzene rings is 1. The fourth-order valence-corrected chi connectivity index (χ4v) is 4.16. The number of carbonyl (C=O) groups excluding carboxylic acids is 3. The zero-order valence-corrected chi connectivity index (χ0v) is 19.9. The second-order valence-corrected chi connectivity index (χ2v) is 10.3. The Morgan fingerprint density at radius 1 is 1.00 bits per heavy atom. The van der Waals surface area contributed by atoms with Crippen molar-refractivity contribution in [1.29, 1.82) is 0 Å². The highest BCUT2D eigenvalue weighted by Gasteiger charge is 2.19. The first-order valence-electron chi connectivity index (χ1n) is 9.49. The van der Waals surface area contributed by atoms with Crippen molar-refractivity contribution in [3.05, 3.63) is 62.2 Å². The number of thiophene rings is 1. The van der Waals surface area contributed by atoms with Crippen molar-refractivity contribution >= 4 is 63.0 Å². The first-order valence-corrected chi connectivity index (χ1v) is 11.5. The number of thiazole rings is 1. The predicted molar refractivity (Wildman–Crippen MR) is 127 cm³/mol. The average Bonchev–Trinajstić information content (AvgIpc) is 3.34. The molecule has 2 aromatic heterocycles. The van der Waals surface area contributed by atoms with E-state index in [1.54, 1.807) is 51.1 Å². The van der Waals surface area contributed by atoms with E-state index >= 15 is 0 Å². The minimum absolute atomic E-state index is 0.221. The fraction of sp³-hybridized carbons (Fsp3) is 0.238. The van der Waals surface area contributed by atoms with Gasteiger partial charge < -0.3 is 15.4 Å². The lowest BCUT2D eigenvalue weighted by molar-refractivity contribution is 0.0635. The summed E-state index contributed by atoms with van der Waals surface area (Å²) in [5, 5.41) is 8.39. The quantitative estimate of drug-likeness (QED) is 0.427. The van der Waals surface area contributed by atoms with Gasteiger partial charge in [-0.3, -0.25) is 14.9 Å². The van der Waals surface area contributed by atoms with E-state index in [9.17, 15) is 14.4 Å². The molecule has 0 atom stereocenters. The average molecular weight is 493 g/mol. The minimum atomic E-state index is -0.646. The Bertz CT molecular complexity index is 1140. The molecule has 11 heteroatoms. The van der Waals surface area contributed by atoms with Crippen LogP contribution in [-0.2, 0) is 11.3 Å². The SMILES string of the molecule is CC(C)(C)OC(=O)Nc1ncc(C(=O)Nc2ccccc2CNC(=O)c2ccc(Cl)s2)s1. The standard InChI is InChI=1S/C21H21ClN4O4S2/c1-21(2,3)30-20(29)26-19-24-11-15(32-19)18(28)25-13-7-5-4-6-12(13)10-23-17(27)14-8-9-16(22)31-14/h4-9,11H,10H2,1-3H3,(H,23,27)(H,25,28)(H,24,26,29). The zero-order valence-electron chi connectivity index (χ0n) is 17.5. The second kappa shape index (κ2) is 10.1. The predicted octanol–water partition coefficient (Wildman–Crippen LogP) is 5.39. The maximum Gasteiger partial charge on any atom is 0.413 e. The van der Waals surface area contributed by atoms with E-state index in [1.807, 2.05) is 6.07 Å². The van der Waals surface area contributed by atoms with Crippen LogP contribution in [0.4, 0.5) is 15.6 Å². The van der Waals surface area contributed by atoms with E-state index in [0.29, 0.717) is 19.8 Å². The van der Waals surface area contributed by atoms with E-state index in [2.05, 4.69) is 20.9 Å². The Kier molecular flexibility index (Phi) is 7.49. The van der Waals surface area contributed by atoms with Crippen LogP contribution in [-0.4, -0.2) is 28.5 Å². The number of ether oxygens (including phenoxy) is 1. The summed E-state index contributed by atoms with van der Waals surface area (Å²) in [6.45, 7) is 5.48. The van der Waals surface area contributed by atoms with Crippen LogP contribution in [0.25, 0.3) is 0 Å². The third kappa shape index (κ3) is 6.78. The van der Waals surface area contributed by atoms with Crippen LogP contribution in [0.3, 0.4) is 0 Å². The minimum Gasteiger partial charge on any atom is -0.444 e. The molecule has 0 spiro atoms. The Morgan fingerprint density at radius 2 is 1.75 bits per heavy atom. The molecule has 2 heterocycles. The van der Waals surface area contributed by atoms with Crippen molar-refractivity contribution in [1.82, 2.24) is 10.3 Å². The molecule has 0 radical (unpaired) electrons. The molecule has 3 aromatic rings. The van der Waals surface area contributed by atoms with Crippen LogP contribution < -0.4 is 16.0 Å². The molecular weight excluding hydrogens is 472 g/mol. The number of carbonyl (C=O) groups is 3. The highest BCUT2D eigenvalue weighted by atomic mass is 35.5. The molecule has 0 bridgehead atoms. The van der Waals surface area contributed by atoms with Gasteiger partial charge in [-0.1, -0.05) is 41.1 Å². The second-order valence-electron chi connectivity index (χ2n) is 7.55. The van der Waals surface area contributed by atoms with Gasteiger partial charge in [0.1, 0.15) is 10.5 Å². The summed E-state index contributed by atoms with van der Waals surface area (Å²) < 4.78 is 5.71. The normalized spacial score (nSPS) is 11.0. The number of anilines is 2. The molecule has 0 unspecified atom stereocenters. The van der Waals surface area contributed by atoms with Gasteiger partial charge in [0.2, 0.25) is 0 Å². The molecule has 0 aliphatic carbocycles. The van der Waals surface area contributed by atoms with E-state index in [4.69, 9.17) is 16.3 Å². The number of nitrogens with zero attached hydrogens (tertiary/aromatic N) is 1. The maximum atomic E-state index is 12.7. The number of amides is 3. The lowest BCUT2D eigenvalue weighted by atomic mass is 10.1. The molecule has 32 heavy (non-hydrogen) atoms. The highest BCUT2D eigenvalue weighted by molar-refractivity contribution is 7.18. The lowest BCUT2D eigenvalue weighted by Crippen LogP contribution is -2.27. The third-order valence-electron chi connectivity index (χ3n) is 3.84. The van der Waals surface area contributed by atoms with Crippen molar-refractivity contribution in [2.75, 3.05) is 10.6 Å². The fourth-order valence-electron chi connectivity index (χ4n) is 2.51. The van der Waals surface area contributed by atoms with Gasteiger partial charge in [-0.25, -0.2) is 9.78 Å². The molecule has 0 saturated carbocycles.